The number of rotatable bonds is 6. The number of carbonyl (C=O) groups excluding carboxylic acids is 1. The Morgan fingerprint density at radius 2 is 1.82 bits per heavy atom. The van der Waals surface area contributed by atoms with E-state index >= 15 is 0 Å². The van der Waals surface area contributed by atoms with E-state index in [1.807, 2.05) is 36.5 Å². The van der Waals surface area contributed by atoms with Crippen molar-refractivity contribution in [2.45, 2.75) is 38.5 Å². The van der Waals surface area contributed by atoms with Crippen LogP contribution in [0.25, 0.3) is 55.6 Å². The molecule has 0 saturated heterocycles. The van der Waals surface area contributed by atoms with Gasteiger partial charge in [0.1, 0.15) is 5.69 Å². The van der Waals surface area contributed by atoms with Gasteiger partial charge in [0, 0.05) is 46.2 Å². The number of nitrogens with one attached hydrogen (secondary N) is 3. The summed E-state index contributed by atoms with van der Waals surface area (Å²) < 4.78 is 5.28. The third-order valence-corrected chi connectivity index (χ3v) is 7.71. The zero-order valence-corrected chi connectivity index (χ0v) is 21.4. The van der Waals surface area contributed by atoms with Gasteiger partial charge in [-0.1, -0.05) is 25.3 Å². The molecular formula is C31H28N6O2. The van der Waals surface area contributed by atoms with Gasteiger partial charge >= 0.3 is 0 Å². The van der Waals surface area contributed by atoms with Gasteiger partial charge in [-0.15, -0.1) is 0 Å². The molecule has 194 valence electrons. The minimum Gasteiger partial charge on any atom is -0.472 e. The van der Waals surface area contributed by atoms with Crippen molar-refractivity contribution in [1.82, 2.24) is 25.1 Å². The Morgan fingerprint density at radius 3 is 2.69 bits per heavy atom. The molecule has 0 aliphatic heterocycles. The summed E-state index contributed by atoms with van der Waals surface area (Å²) in [7, 11) is 0. The van der Waals surface area contributed by atoms with E-state index in [9.17, 15) is 4.79 Å². The fraction of sp³-hybridized carbons (Fsp3) is 0.226. The molecule has 1 amide bonds. The van der Waals surface area contributed by atoms with Crippen LogP contribution in [0.5, 0.6) is 0 Å². The fourth-order valence-electron chi connectivity index (χ4n) is 5.74. The summed E-state index contributed by atoms with van der Waals surface area (Å²) >= 11 is 0. The second-order valence-corrected chi connectivity index (χ2v) is 10.4. The number of anilines is 1. The first kappa shape index (κ1) is 23.4. The zero-order chi connectivity index (χ0) is 26.2. The van der Waals surface area contributed by atoms with Crippen molar-refractivity contribution in [2.75, 3.05) is 5.32 Å². The Morgan fingerprint density at radius 1 is 0.923 bits per heavy atom. The van der Waals surface area contributed by atoms with Crippen LogP contribution >= 0.6 is 0 Å². The lowest BCUT2D eigenvalue weighted by molar-refractivity contribution is -0.117. The van der Waals surface area contributed by atoms with Crippen LogP contribution in [0.15, 0.2) is 78.0 Å². The number of pyridine rings is 2. The molecule has 1 aliphatic rings. The van der Waals surface area contributed by atoms with Gasteiger partial charge in [0.15, 0.2) is 0 Å². The number of furan rings is 1. The highest BCUT2D eigenvalue weighted by Gasteiger charge is 2.18. The average Bonchev–Trinajstić information content (AvgIpc) is 3.73. The number of hydrogen-bond acceptors (Lipinski definition) is 5. The third kappa shape index (κ3) is 4.58. The van der Waals surface area contributed by atoms with Crippen molar-refractivity contribution in [3.63, 3.8) is 0 Å². The Bertz CT molecular complexity index is 1780. The monoisotopic (exact) mass is 516 g/mol. The molecule has 8 heteroatoms. The molecule has 1 fully saturated rings. The minimum atomic E-state index is 0.0662. The number of aromatic nitrogens is 5. The molecule has 1 aromatic carbocycles. The molecule has 39 heavy (non-hydrogen) atoms. The van der Waals surface area contributed by atoms with Crippen LogP contribution < -0.4 is 5.32 Å². The standard InChI is InChI=1S/C31H28N6O2/c38-29(12-19-4-2-1-3-5-19)34-23-13-22(16-32-17-23)20-6-7-27-24(14-20)31(37-36-27)28-15-25-26(35-28)8-10-33-30(25)21-9-11-39-18-21/h6-11,13-19,35H,1-5,12H2,(H,34,38)(H,36,37). The molecule has 0 bridgehead atoms. The molecule has 7 rings (SSSR count). The first-order chi connectivity index (χ1) is 19.2. The van der Waals surface area contributed by atoms with E-state index in [-0.39, 0.29) is 5.91 Å². The maximum absolute atomic E-state index is 12.7. The maximum atomic E-state index is 12.7. The summed E-state index contributed by atoms with van der Waals surface area (Å²) in [6.07, 6.45) is 15.3. The molecule has 5 heterocycles. The molecule has 0 unspecified atom stereocenters. The highest BCUT2D eigenvalue weighted by molar-refractivity contribution is 6.01. The molecule has 8 nitrogen and oxygen atoms in total. The summed E-state index contributed by atoms with van der Waals surface area (Å²) in [5.74, 6) is 0.560. The first-order valence-electron chi connectivity index (χ1n) is 13.5. The van der Waals surface area contributed by atoms with Crippen molar-refractivity contribution < 1.29 is 9.21 Å². The highest BCUT2D eigenvalue weighted by Crippen LogP contribution is 2.35. The van der Waals surface area contributed by atoms with Crippen molar-refractivity contribution in [1.29, 1.82) is 0 Å². The number of nitrogens with zero attached hydrogens (tertiary/aromatic N) is 3. The predicted molar refractivity (Wildman–Crippen MR) is 152 cm³/mol. The van der Waals surface area contributed by atoms with Crippen molar-refractivity contribution in [3.05, 3.63) is 73.6 Å². The zero-order valence-electron chi connectivity index (χ0n) is 21.4. The van der Waals surface area contributed by atoms with Crippen LogP contribution in [0, 0.1) is 5.92 Å². The maximum Gasteiger partial charge on any atom is 0.224 e. The Kier molecular flexibility index (Phi) is 5.92. The molecule has 3 N–H and O–H groups in total. The summed E-state index contributed by atoms with van der Waals surface area (Å²) in [6.45, 7) is 0. The normalized spacial score (nSPS) is 14.3. The van der Waals surface area contributed by atoms with Crippen LogP contribution in [0.1, 0.15) is 38.5 Å². The van der Waals surface area contributed by atoms with Crippen molar-refractivity contribution in [2.24, 2.45) is 5.92 Å². The Balaban J connectivity index is 1.19. The number of benzene rings is 1. The van der Waals surface area contributed by atoms with Gasteiger partial charge in [-0.25, -0.2) is 0 Å². The van der Waals surface area contributed by atoms with Crippen molar-refractivity contribution in [3.8, 4) is 33.8 Å². The molecule has 6 aromatic rings. The molecule has 0 radical (unpaired) electrons. The van der Waals surface area contributed by atoms with Gasteiger partial charge in [0.25, 0.3) is 0 Å². The van der Waals surface area contributed by atoms with Crippen LogP contribution in [-0.4, -0.2) is 31.1 Å². The number of hydrogen-bond donors (Lipinski definition) is 3. The van der Waals surface area contributed by atoms with Gasteiger partial charge in [0.2, 0.25) is 5.91 Å². The van der Waals surface area contributed by atoms with Gasteiger partial charge in [0.05, 0.1) is 41.3 Å². The Hall–Kier alpha value is -4.72. The first-order valence-corrected chi connectivity index (χ1v) is 13.5. The summed E-state index contributed by atoms with van der Waals surface area (Å²) in [4.78, 5) is 25.2. The number of aromatic amines is 2. The van der Waals surface area contributed by atoms with E-state index in [1.165, 1.54) is 19.3 Å². The van der Waals surface area contributed by atoms with Crippen molar-refractivity contribution >= 4 is 33.4 Å². The smallest absolute Gasteiger partial charge is 0.224 e. The number of amides is 1. The minimum absolute atomic E-state index is 0.0662. The van der Waals surface area contributed by atoms with E-state index in [2.05, 4.69) is 42.6 Å². The van der Waals surface area contributed by atoms with Crippen LogP contribution in [0.3, 0.4) is 0 Å². The van der Waals surface area contributed by atoms with Gasteiger partial charge in [-0.3, -0.25) is 19.9 Å². The van der Waals surface area contributed by atoms with E-state index < -0.39 is 0 Å². The van der Waals surface area contributed by atoms with E-state index in [0.29, 0.717) is 12.3 Å². The largest absolute Gasteiger partial charge is 0.472 e. The lowest BCUT2D eigenvalue weighted by Gasteiger charge is -2.20. The summed E-state index contributed by atoms with van der Waals surface area (Å²) in [5.41, 5.74) is 8.07. The molecule has 1 aliphatic carbocycles. The second-order valence-electron chi connectivity index (χ2n) is 10.4. The van der Waals surface area contributed by atoms with Gasteiger partial charge < -0.3 is 14.7 Å². The number of fused-ring (bicyclic) bond motifs is 2. The number of H-pyrrole nitrogens is 2. The average molecular weight is 517 g/mol. The van der Waals surface area contributed by atoms with Gasteiger partial charge in [-0.05, 0) is 60.7 Å². The lowest BCUT2D eigenvalue weighted by Crippen LogP contribution is -2.18. The highest BCUT2D eigenvalue weighted by atomic mass is 16.3. The molecule has 1 saturated carbocycles. The fourth-order valence-corrected chi connectivity index (χ4v) is 5.74. The van der Waals surface area contributed by atoms with E-state index in [4.69, 9.17) is 4.42 Å². The summed E-state index contributed by atoms with van der Waals surface area (Å²) in [5, 5.41) is 12.8. The van der Waals surface area contributed by atoms with Gasteiger partial charge in [-0.2, -0.15) is 5.10 Å². The molecule has 5 aromatic heterocycles. The van der Waals surface area contributed by atoms with Crippen LogP contribution in [0.4, 0.5) is 5.69 Å². The molecular weight excluding hydrogens is 488 g/mol. The van der Waals surface area contributed by atoms with E-state index in [0.717, 1.165) is 74.1 Å². The van der Waals surface area contributed by atoms with Crippen LogP contribution in [0.2, 0.25) is 0 Å². The molecule has 0 spiro atoms. The Labute approximate surface area is 224 Å². The second kappa shape index (κ2) is 9.87. The van der Waals surface area contributed by atoms with E-state index in [1.54, 1.807) is 24.9 Å². The predicted octanol–water partition coefficient (Wildman–Crippen LogP) is 7.34. The quantitative estimate of drug-likeness (QED) is 0.214. The van der Waals surface area contributed by atoms with Crippen LogP contribution in [-0.2, 0) is 4.79 Å². The summed E-state index contributed by atoms with van der Waals surface area (Å²) in [6, 6.07) is 14.1. The third-order valence-electron chi connectivity index (χ3n) is 7.71. The molecule has 0 atom stereocenters. The topological polar surface area (TPSA) is 112 Å². The SMILES string of the molecule is O=C(CC1CCCCC1)Nc1cncc(-c2ccc3[nH]nc(-c4cc5c(-c6ccoc6)nccc5[nH]4)c3c2)c1. The lowest BCUT2D eigenvalue weighted by atomic mass is 9.87. The number of carbonyl (C=O) groups is 1.